The van der Waals surface area contributed by atoms with E-state index in [0.717, 1.165) is 24.3 Å². The molecular formula is C17H9Cl2F3N2O. The molecule has 1 amide bonds. The number of para-hydroxylation sites is 1. The van der Waals surface area contributed by atoms with E-state index < -0.39 is 17.6 Å². The Kier molecular flexibility index (Phi) is 5.73. The number of nitriles is 1. The van der Waals surface area contributed by atoms with Crippen LogP contribution in [-0.4, -0.2) is 5.91 Å². The number of nitrogens with one attached hydrogen (secondary N) is 1. The molecule has 0 spiro atoms. The van der Waals surface area contributed by atoms with E-state index in [1.165, 1.54) is 18.2 Å². The van der Waals surface area contributed by atoms with Gasteiger partial charge in [0, 0.05) is 0 Å². The average molecular weight is 385 g/mol. The van der Waals surface area contributed by atoms with Crippen molar-refractivity contribution in [3.8, 4) is 6.07 Å². The van der Waals surface area contributed by atoms with Gasteiger partial charge in [-0.2, -0.15) is 18.4 Å². The van der Waals surface area contributed by atoms with Crippen LogP contribution < -0.4 is 5.32 Å². The Hall–Kier alpha value is -2.49. The first kappa shape index (κ1) is 18.8. The molecule has 0 saturated heterocycles. The molecule has 0 aromatic heterocycles. The molecule has 2 aromatic carbocycles. The van der Waals surface area contributed by atoms with Crippen LogP contribution in [0.2, 0.25) is 10.0 Å². The smallest absolute Gasteiger partial charge is 0.319 e. The van der Waals surface area contributed by atoms with Crippen LogP contribution >= 0.6 is 23.2 Å². The molecule has 0 atom stereocenters. The molecule has 0 aliphatic carbocycles. The second-order valence-electron chi connectivity index (χ2n) is 4.84. The summed E-state index contributed by atoms with van der Waals surface area (Å²) in [5.41, 5.74) is -0.722. The van der Waals surface area contributed by atoms with Gasteiger partial charge in [-0.3, -0.25) is 4.79 Å². The van der Waals surface area contributed by atoms with E-state index in [9.17, 15) is 18.0 Å². The lowest BCUT2D eigenvalue weighted by Crippen LogP contribution is -2.14. The molecular weight excluding hydrogens is 376 g/mol. The minimum absolute atomic E-state index is 0.143. The van der Waals surface area contributed by atoms with E-state index in [0.29, 0.717) is 0 Å². The van der Waals surface area contributed by atoms with E-state index in [2.05, 4.69) is 5.32 Å². The van der Waals surface area contributed by atoms with E-state index in [1.54, 1.807) is 12.1 Å². The lowest BCUT2D eigenvalue weighted by Gasteiger charge is -2.09. The monoisotopic (exact) mass is 384 g/mol. The summed E-state index contributed by atoms with van der Waals surface area (Å²) >= 11 is 11.9. The molecule has 25 heavy (non-hydrogen) atoms. The van der Waals surface area contributed by atoms with E-state index in [-0.39, 0.29) is 26.9 Å². The van der Waals surface area contributed by atoms with Gasteiger partial charge < -0.3 is 5.32 Å². The standard InChI is InChI=1S/C17H9Cl2F3N2O/c18-13-2-1-3-14(19)15(13)24-16(25)11(9-23)8-10-4-6-12(7-5-10)17(20,21)22/h1-8H,(H,24,25)/b11-8+. The van der Waals surface area contributed by atoms with Crippen LogP contribution in [0.25, 0.3) is 6.08 Å². The second kappa shape index (κ2) is 7.60. The number of hydrogen-bond donors (Lipinski definition) is 1. The number of benzene rings is 2. The number of alkyl halides is 3. The van der Waals surface area contributed by atoms with Crippen LogP contribution in [0, 0.1) is 11.3 Å². The highest BCUT2D eigenvalue weighted by Crippen LogP contribution is 2.31. The molecule has 0 unspecified atom stereocenters. The Balaban J connectivity index is 2.25. The normalized spacial score (nSPS) is 11.8. The Morgan fingerprint density at radius 3 is 2.12 bits per heavy atom. The topological polar surface area (TPSA) is 52.9 Å². The number of carbonyl (C=O) groups excluding carboxylic acids is 1. The predicted octanol–water partition coefficient (Wildman–Crippen LogP) is 5.56. The number of halogens is 5. The molecule has 3 nitrogen and oxygen atoms in total. The number of rotatable bonds is 3. The van der Waals surface area contributed by atoms with E-state index >= 15 is 0 Å². The quantitative estimate of drug-likeness (QED) is 0.556. The zero-order valence-electron chi connectivity index (χ0n) is 12.4. The molecule has 0 aliphatic heterocycles. The van der Waals surface area contributed by atoms with Crippen LogP contribution in [0.15, 0.2) is 48.0 Å². The van der Waals surface area contributed by atoms with Gasteiger partial charge in [0.1, 0.15) is 11.6 Å². The fourth-order valence-electron chi connectivity index (χ4n) is 1.88. The third kappa shape index (κ3) is 4.75. The maximum absolute atomic E-state index is 12.5. The minimum atomic E-state index is -4.46. The van der Waals surface area contributed by atoms with Crippen molar-refractivity contribution >= 4 is 40.9 Å². The highest BCUT2D eigenvalue weighted by molar-refractivity contribution is 6.40. The molecule has 0 heterocycles. The van der Waals surface area contributed by atoms with Crippen molar-refractivity contribution in [2.75, 3.05) is 5.32 Å². The van der Waals surface area contributed by atoms with E-state index in [1.807, 2.05) is 0 Å². The minimum Gasteiger partial charge on any atom is -0.319 e. The van der Waals surface area contributed by atoms with Crippen LogP contribution in [0.1, 0.15) is 11.1 Å². The van der Waals surface area contributed by atoms with Gasteiger partial charge in [-0.05, 0) is 35.9 Å². The Labute approximate surface area is 151 Å². The van der Waals surface area contributed by atoms with Gasteiger partial charge in [0.25, 0.3) is 5.91 Å². The van der Waals surface area contributed by atoms with Crippen molar-refractivity contribution in [3.63, 3.8) is 0 Å². The van der Waals surface area contributed by atoms with Crippen LogP contribution in [0.4, 0.5) is 18.9 Å². The Morgan fingerprint density at radius 2 is 1.64 bits per heavy atom. The number of carbonyl (C=O) groups is 1. The van der Waals surface area contributed by atoms with Crippen molar-refractivity contribution in [3.05, 3.63) is 69.2 Å². The third-order valence-corrected chi connectivity index (χ3v) is 3.75. The van der Waals surface area contributed by atoms with Crippen molar-refractivity contribution in [1.82, 2.24) is 0 Å². The average Bonchev–Trinajstić information content (AvgIpc) is 2.55. The van der Waals surface area contributed by atoms with Crippen molar-refractivity contribution < 1.29 is 18.0 Å². The maximum Gasteiger partial charge on any atom is 0.416 e. The van der Waals surface area contributed by atoms with Crippen LogP contribution in [0.3, 0.4) is 0 Å². The number of hydrogen-bond acceptors (Lipinski definition) is 2. The lowest BCUT2D eigenvalue weighted by atomic mass is 10.1. The largest absolute Gasteiger partial charge is 0.416 e. The highest BCUT2D eigenvalue weighted by Gasteiger charge is 2.29. The van der Waals surface area contributed by atoms with Crippen molar-refractivity contribution in [2.24, 2.45) is 0 Å². The van der Waals surface area contributed by atoms with Gasteiger partial charge >= 0.3 is 6.18 Å². The number of amides is 1. The Morgan fingerprint density at radius 1 is 1.08 bits per heavy atom. The summed E-state index contributed by atoms with van der Waals surface area (Å²) in [6.45, 7) is 0. The van der Waals surface area contributed by atoms with Gasteiger partial charge in [0.15, 0.2) is 0 Å². The highest BCUT2D eigenvalue weighted by atomic mass is 35.5. The Bertz CT molecular complexity index is 849. The van der Waals surface area contributed by atoms with Gasteiger partial charge in [-0.15, -0.1) is 0 Å². The summed E-state index contributed by atoms with van der Waals surface area (Å²) in [6.07, 6.45) is -3.29. The summed E-state index contributed by atoms with van der Waals surface area (Å²) < 4.78 is 37.6. The second-order valence-corrected chi connectivity index (χ2v) is 5.65. The van der Waals surface area contributed by atoms with Crippen molar-refractivity contribution in [2.45, 2.75) is 6.18 Å². The number of anilines is 1. The third-order valence-electron chi connectivity index (χ3n) is 3.12. The molecule has 8 heteroatoms. The maximum atomic E-state index is 12.5. The first-order chi connectivity index (χ1) is 11.7. The molecule has 0 bridgehead atoms. The number of nitrogens with zero attached hydrogens (tertiary/aromatic N) is 1. The molecule has 128 valence electrons. The first-order valence-electron chi connectivity index (χ1n) is 6.77. The van der Waals surface area contributed by atoms with E-state index in [4.69, 9.17) is 28.5 Å². The molecule has 2 aromatic rings. The summed E-state index contributed by atoms with van der Waals surface area (Å²) in [5, 5.41) is 11.9. The summed E-state index contributed by atoms with van der Waals surface area (Å²) in [7, 11) is 0. The predicted molar refractivity (Wildman–Crippen MR) is 90.1 cm³/mol. The zero-order valence-corrected chi connectivity index (χ0v) is 13.9. The van der Waals surface area contributed by atoms with Crippen LogP contribution in [0.5, 0.6) is 0 Å². The van der Waals surface area contributed by atoms with Gasteiger partial charge in [-0.25, -0.2) is 0 Å². The molecule has 0 aliphatic rings. The van der Waals surface area contributed by atoms with Crippen LogP contribution in [-0.2, 0) is 11.0 Å². The summed E-state index contributed by atoms with van der Waals surface area (Å²) in [5.74, 6) is -0.780. The molecule has 0 radical (unpaired) electrons. The molecule has 2 rings (SSSR count). The van der Waals surface area contributed by atoms with Crippen molar-refractivity contribution in [1.29, 1.82) is 5.26 Å². The summed E-state index contributed by atoms with van der Waals surface area (Å²) in [4.78, 5) is 12.2. The van der Waals surface area contributed by atoms with Gasteiger partial charge in [0.2, 0.25) is 0 Å². The first-order valence-corrected chi connectivity index (χ1v) is 7.52. The molecule has 0 saturated carbocycles. The molecule has 1 N–H and O–H groups in total. The lowest BCUT2D eigenvalue weighted by molar-refractivity contribution is -0.137. The SMILES string of the molecule is N#C/C(=C\c1ccc(C(F)(F)F)cc1)C(=O)Nc1c(Cl)cccc1Cl. The molecule has 0 fully saturated rings. The zero-order chi connectivity index (χ0) is 18.6. The summed E-state index contributed by atoms with van der Waals surface area (Å²) in [6, 6.07) is 10.4. The van der Waals surface area contributed by atoms with Gasteiger partial charge in [-0.1, -0.05) is 41.4 Å². The fraction of sp³-hybridized carbons (Fsp3) is 0.0588. The fourth-order valence-corrected chi connectivity index (χ4v) is 2.37. The van der Waals surface area contributed by atoms with Gasteiger partial charge in [0.05, 0.1) is 21.3 Å².